The number of hydrogen-bond donors (Lipinski definition) is 2. The van der Waals surface area contributed by atoms with Gasteiger partial charge in [0.05, 0.1) is 5.92 Å². The molecule has 5 atom stereocenters. The van der Waals surface area contributed by atoms with Crippen LogP contribution in [0.1, 0.15) is 31.2 Å². The quantitative estimate of drug-likeness (QED) is 0.751. The van der Waals surface area contributed by atoms with E-state index in [0.29, 0.717) is 26.1 Å². The molecule has 1 aromatic carbocycles. The molecule has 5 unspecified atom stereocenters. The number of hydrazine groups is 1. The van der Waals surface area contributed by atoms with Crippen LogP contribution in [0.2, 0.25) is 0 Å². The molecule has 3 saturated heterocycles. The molecule has 1 saturated carbocycles. The molecule has 168 valence electrons. The number of hydrogen-bond acceptors (Lipinski definition) is 5. The lowest BCUT2D eigenvalue weighted by molar-refractivity contribution is -0.137. The molecule has 0 radical (unpaired) electrons. The normalized spacial score (nSPS) is 34.2. The van der Waals surface area contributed by atoms with E-state index >= 15 is 0 Å². The van der Waals surface area contributed by atoms with Gasteiger partial charge in [-0.2, -0.15) is 0 Å². The third-order valence-corrected chi connectivity index (χ3v) is 7.43. The van der Waals surface area contributed by atoms with Crippen LogP contribution in [0.5, 0.6) is 0 Å². The first-order valence-electron chi connectivity index (χ1n) is 11.6. The van der Waals surface area contributed by atoms with Crippen LogP contribution < -0.4 is 10.9 Å². The van der Waals surface area contributed by atoms with Crippen molar-refractivity contribution in [1.82, 2.24) is 25.6 Å². The Balaban J connectivity index is 1.16. The van der Waals surface area contributed by atoms with Crippen LogP contribution in [-0.2, 0) is 16.1 Å². The summed E-state index contributed by atoms with van der Waals surface area (Å²) in [5, 5.41) is 0. The molecular formula is C23H32FN5O2. The molecule has 8 heteroatoms. The molecule has 5 rings (SSSR count). The van der Waals surface area contributed by atoms with E-state index in [1.165, 1.54) is 5.56 Å². The summed E-state index contributed by atoms with van der Waals surface area (Å²) in [7, 11) is 0. The van der Waals surface area contributed by atoms with Crippen molar-refractivity contribution in [3.8, 4) is 0 Å². The van der Waals surface area contributed by atoms with Crippen molar-refractivity contribution in [3.63, 3.8) is 0 Å². The minimum absolute atomic E-state index is 0.0428. The van der Waals surface area contributed by atoms with E-state index in [0.717, 1.165) is 32.5 Å². The van der Waals surface area contributed by atoms with E-state index in [-0.39, 0.29) is 42.3 Å². The number of halogens is 1. The summed E-state index contributed by atoms with van der Waals surface area (Å²) in [6.07, 6.45) is 1.31. The Morgan fingerprint density at radius 2 is 1.84 bits per heavy atom. The summed E-state index contributed by atoms with van der Waals surface area (Å²) in [4.78, 5) is 31.9. The van der Waals surface area contributed by atoms with Crippen LogP contribution in [0, 0.1) is 11.8 Å². The van der Waals surface area contributed by atoms with Crippen molar-refractivity contribution >= 4 is 11.8 Å². The summed E-state index contributed by atoms with van der Waals surface area (Å²) in [6.45, 7) is 4.34. The molecule has 31 heavy (non-hydrogen) atoms. The number of benzene rings is 1. The molecular weight excluding hydrogens is 397 g/mol. The SMILES string of the molecule is O=C(C1CC(=O)N(C2NNC3CCCC(F)C32)C1)N1CCN(Cc2ccccc2)CC1. The lowest BCUT2D eigenvalue weighted by Crippen LogP contribution is -2.52. The Hall–Kier alpha value is -2.03. The number of carbonyl (C=O) groups excluding carboxylic acids is 2. The number of fused-ring (bicyclic) bond motifs is 1. The molecule has 7 nitrogen and oxygen atoms in total. The van der Waals surface area contributed by atoms with Crippen LogP contribution in [0.25, 0.3) is 0 Å². The molecule has 0 aromatic heterocycles. The van der Waals surface area contributed by atoms with Crippen LogP contribution in [0.4, 0.5) is 4.39 Å². The van der Waals surface area contributed by atoms with Gasteiger partial charge in [-0.25, -0.2) is 9.82 Å². The average Bonchev–Trinajstić information content (AvgIpc) is 3.39. The number of piperazine rings is 1. The molecule has 3 heterocycles. The Morgan fingerprint density at radius 1 is 1.06 bits per heavy atom. The summed E-state index contributed by atoms with van der Waals surface area (Å²) in [5.74, 6) is -0.527. The molecule has 3 aliphatic heterocycles. The first-order valence-corrected chi connectivity index (χ1v) is 11.6. The fourth-order valence-corrected chi connectivity index (χ4v) is 5.72. The molecule has 2 N–H and O–H groups in total. The lowest BCUT2D eigenvalue weighted by Gasteiger charge is -2.36. The van der Waals surface area contributed by atoms with E-state index < -0.39 is 6.17 Å². The van der Waals surface area contributed by atoms with Gasteiger partial charge in [-0.05, 0) is 24.8 Å². The minimum Gasteiger partial charge on any atom is -0.340 e. The van der Waals surface area contributed by atoms with Gasteiger partial charge in [0.15, 0.2) is 0 Å². The van der Waals surface area contributed by atoms with E-state index in [1.807, 2.05) is 23.1 Å². The highest BCUT2D eigenvalue weighted by molar-refractivity contribution is 5.89. The Morgan fingerprint density at radius 3 is 2.61 bits per heavy atom. The van der Waals surface area contributed by atoms with Gasteiger partial charge in [-0.15, -0.1) is 0 Å². The van der Waals surface area contributed by atoms with Crippen molar-refractivity contribution in [1.29, 1.82) is 0 Å². The topological polar surface area (TPSA) is 67.9 Å². The molecule has 1 aromatic rings. The van der Waals surface area contributed by atoms with E-state index in [9.17, 15) is 14.0 Å². The van der Waals surface area contributed by atoms with E-state index in [2.05, 4.69) is 27.9 Å². The second kappa shape index (κ2) is 8.84. The predicted molar refractivity (Wildman–Crippen MR) is 114 cm³/mol. The highest BCUT2D eigenvalue weighted by atomic mass is 19.1. The van der Waals surface area contributed by atoms with Crippen molar-refractivity contribution in [2.75, 3.05) is 32.7 Å². The highest BCUT2D eigenvalue weighted by Crippen LogP contribution is 2.36. The third kappa shape index (κ3) is 4.21. The molecule has 2 amide bonds. The first kappa shape index (κ1) is 20.8. The molecule has 1 aliphatic carbocycles. The van der Waals surface area contributed by atoms with E-state index in [4.69, 9.17) is 0 Å². The minimum atomic E-state index is -0.911. The van der Waals surface area contributed by atoms with Crippen LogP contribution in [0.3, 0.4) is 0 Å². The largest absolute Gasteiger partial charge is 0.340 e. The molecule has 0 spiro atoms. The van der Waals surface area contributed by atoms with Crippen LogP contribution in [0.15, 0.2) is 30.3 Å². The number of likely N-dealkylation sites (tertiary alicyclic amines) is 1. The molecule has 4 aliphatic rings. The number of rotatable bonds is 4. The smallest absolute Gasteiger partial charge is 0.228 e. The second-order valence-corrected chi connectivity index (χ2v) is 9.40. The summed E-state index contributed by atoms with van der Waals surface area (Å²) < 4.78 is 14.6. The fraction of sp³-hybridized carbons (Fsp3) is 0.652. The maximum absolute atomic E-state index is 14.6. The van der Waals surface area contributed by atoms with Crippen LogP contribution in [-0.4, -0.2) is 77.6 Å². The Bertz CT molecular complexity index is 800. The van der Waals surface area contributed by atoms with Gasteiger partial charge >= 0.3 is 0 Å². The average molecular weight is 430 g/mol. The Labute approximate surface area is 182 Å². The maximum Gasteiger partial charge on any atom is 0.228 e. The second-order valence-electron chi connectivity index (χ2n) is 9.40. The first-order chi connectivity index (χ1) is 15.1. The van der Waals surface area contributed by atoms with Gasteiger partial charge in [0.25, 0.3) is 0 Å². The molecule has 4 fully saturated rings. The summed E-state index contributed by atoms with van der Waals surface area (Å²) in [5.41, 5.74) is 7.62. The van der Waals surface area contributed by atoms with Gasteiger partial charge in [0.1, 0.15) is 12.3 Å². The monoisotopic (exact) mass is 429 g/mol. The number of nitrogens with one attached hydrogen (secondary N) is 2. The standard InChI is InChI=1S/C23H32FN5O2/c24-18-7-4-8-19-21(18)22(26-25-19)29-15-17(13-20(29)30)23(31)28-11-9-27(10-12-28)14-16-5-2-1-3-6-16/h1-3,5-6,17-19,21-22,25-26H,4,7-15H2. The van der Waals surface area contributed by atoms with Crippen molar-refractivity contribution in [3.05, 3.63) is 35.9 Å². The number of nitrogens with zero attached hydrogens (tertiary/aromatic N) is 3. The zero-order valence-corrected chi connectivity index (χ0v) is 17.9. The maximum atomic E-state index is 14.6. The predicted octanol–water partition coefficient (Wildman–Crippen LogP) is 1.12. The number of carbonyl (C=O) groups is 2. The number of amides is 2. The third-order valence-electron chi connectivity index (χ3n) is 7.43. The summed E-state index contributed by atoms with van der Waals surface area (Å²) >= 11 is 0. The fourth-order valence-electron chi connectivity index (χ4n) is 5.72. The summed E-state index contributed by atoms with van der Waals surface area (Å²) in [6, 6.07) is 10.4. The van der Waals surface area contributed by atoms with Crippen molar-refractivity contribution < 1.29 is 14.0 Å². The molecule has 0 bridgehead atoms. The van der Waals surface area contributed by atoms with Gasteiger partial charge in [-0.1, -0.05) is 30.3 Å². The zero-order chi connectivity index (χ0) is 21.4. The van der Waals surface area contributed by atoms with Gasteiger partial charge in [0.2, 0.25) is 11.8 Å². The van der Waals surface area contributed by atoms with Gasteiger partial charge in [-0.3, -0.25) is 19.9 Å². The van der Waals surface area contributed by atoms with Crippen molar-refractivity contribution in [2.24, 2.45) is 11.8 Å². The van der Waals surface area contributed by atoms with Crippen LogP contribution >= 0.6 is 0 Å². The van der Waals surface area contributed by atoms with Gasteiger partial charge in [0, 0.05) is 57.6 Å². The van der Waals surface area contributed by atoms with Crippen molar-refractivity contribution in [2.45, 2.75) is 50.6 Å². The lowest BCUT2D eigenvalue weighted by atomic mass is 9.82. The zero-order valence-electron chi connectivity index (χ0n) is 17.9. The highest BCUT2D eigenvalue weighted by Gasteiger charge is 2.50. The Kier molecular flexibility index (Phi) is 5.95. The van der Waals surface area contributed by atoms with Gasteiger partial charge < -0.3 is 9.80 Å². The number of alkyl halides is 1. The van der Waals surface area contributed by atoms with E-state index in [1.54, 1.807) is 4.90 Å².